The van der Waals surface area contributed by atoms with E-state index in [0.29, 0.717) is 13.1 Å². The van der Waals surface area contributed by atoms with Crippen LogP contribution in [0.25, 0.3) is 0 Å². The van der Waals surface area contributed by atoms with E-state index in [1.54, 1.807) is 0 Å². The molecule has 5 nitrogen and oxygen atoms in total. The number of carboxylic acids is 1. The topological polar surface area (TPSA) is 74.7 Å². The molecule has 0 spiro atoms. The third kappa shape index (κ3) is 3.61. The zero-order chi connectivity index (χ0) is 12.2. The van der Waals surface area contributed by atoms with Gasteiger partial charge in [-0.25, -0.2) is 12.7 Å². The molecule has 0 aromatic rings. The molecule has 6 heteroatoms. The fourth-order valence-corrected chi connectivity index (χ4v) is 3.30. The lowest BCUT2D eigenvalue weighted by molar-refractivity contribution is -0.138. The van der Waals surface area contributed by atoms with Crippen molar-refractivity contribution < 1.29 is 18.3 Å². The molecule has 1 aliphatic rings. The molecule has 0 saturated carbocycles. The highest BCUT2D eigenvalue weighted by molar-refractivity contribution is 7.89. The van der Waals surface area contributed by atoms with Crippen LogP contribution in [0.15, 0.2) is 12.7 Å². The van der Waals surface area contributed by atoms with Crippen molar-refractivity contribution in [1.29, 1.82) is 0 Å². The van der Waals surface area contributed by atoms with E-state index in [1.165, 1.54) is 10.4 Å². The van der Waals surface area contributed by atoms with Crippen LogP contribution in [-0.2, 0) is 14.8 Å². The van der Waals surface area contributed by atoms with Crippen molar-refractivity contribution in [2.75, 3.05) is 18.8 Å². The molecule has 1 saturated heterocycles. The molecule has 1 heterocycles. The van der Waals surface area contributed by atoms with Crippen LogP contribution in [0.2, 0.25) is 0 Å². The molecule has 16 heavy (non-hydrogen) atoms. The quantitative estimate of drug-likeness (QED) is 0.725. The van der Waals surface area contributed by atoms with Gasteiger partial charge in [-0.05, 0) is 18.8 Å². The normalized spacial score (nSPS) is 22.9. The summed E-state index contributed by atoms with van der Waals surface area (Å²) in [6, 6.07) is 0. The number of piperidine rings is 1. The van der Waals surface area contributed by atoms with Crippen LogP contribution >= 0.6 is 0 Å². The van der Waals surface area contributed by atoms with Gasteiger partial charge < -0.3 is 5.11 Å². The monoisotopic (exact) mass is 247 g/mol. The molecule has 0 aliphatic carbocycles. The second kappa shape index (κ2) is 5.45. The van der Waals surface area contributed by atoms with Crippen molar-refractivity contribution in [2.24, 2.45) is 5.92 Å². The fraction of sp³-hybridized carbons (Fsp3) is 0.700. The van der Waals surface area contributed by atoms with Crippen molar-refractivity contribution in [3.05, 3.63) is 12.7 Å². The molecule has 1 aliphatic heterocycles. The minimum atomic E-state index is -3.28. The van der Waals surface area contributed by atoms with Gasteiger partial charge in [0.1, 0.15) is 0 Å². The Labute approximate surface area is 95.8 Å². The van der Waals surface area contributed by atoms with Gasteiger partial charge >= 0.3 is 5.97 Å². The molecule has 0 radical (unpaired) electrons. The van der Waals surface area contributed by atoms with Crippen molar-refractivity contribution in [3.8, 4) is 0 Å². The summed E-state index contributed by atoms with van der Waals surface area (Å²) in [5.74, 6) is -1.01. The van der Waals surface area contributed by atoms with Gasteiger partial charge in [0.15, 0.2) is 0 Å². The number of nitrogens with zero attached hydrogens (tertiary/aromatic N) is 1. The van der Waals surface area contributed by atoms with Crippen LogP contribution in [0.1, 0.15) is 19.3 Å². The first-order chi connectivity index (χ1) is 7.45. The lowest BCUT2D eigenvalue weighted by Gasteiger charge is -2.30. The Hall–Kier alpha value is -0.880. The summed E-state index contributed by atoms with van der Waals surface area (Å²) < 4.78 is 24.8. The van der Waals surface area contributed by atoms with Crippen molar-refractivity contribution >= 4 is 16.0 Å². The van der Waals surface area contributed by atoms with E-state index >= 15 is 0 Å². The fourth-order valence-electron chi connectivity index (χ4n) is 1.95. The van der Waals surface area contributed by atoms with E-state index in [-0.39, 0.29) is 18.1 Å². The van der Waals surface area contributed by atoms with Crippen LogP contribution in [0.5, 0.6) is 0 Å². The Morgan fingerprint density at radius 3 is 2.81 bits per heavy atom. The maximum absolute atomic E-state index is 11.7. The second-order valence-electron chi connectivity index (χ2n) is 4.03. The highest BCUT2D eigenvalue weighted by atomic mass is 32.2. The summed E-state index contributed by atoms with van der Waals surface area (Å²) in [4.78, 5) is 10.6. The molecule has 0 aromatic carbocycles. The number of rotatable bonds is 5. The highest BCUT2D eigenvalue weighted by Gasteiger charge is 2.28. The summed E-state index contributed by atoms with van der Waals surface area (Å²) >= 11 is 0. The molecule has 1 fully saturated rings. The minimum Gasteiger partial charge on any atom is -0.481 e. The first-order valence-electron chi connectivity index (χ1n) is 5.26. The van der Waals surface area contributed by atoms with Crippen molar-refractivity contribution in [1.82, 2.24) is 4.31 Å². The third-order valence-electron chi connectivity index (χ3n) is 2.67. The van der Waals surface area contributed by atoms with Gasteiger partial charge in [-0.15, -0.1) is 6.58 Å². The zero-order valence-corrected chi connectivity index (χ0v) is 9.95. The number of hydrogen-bond donors (Lipinski definition) is 1. The predicted molar refractivity (Wildman–Crippen MR) is 60.5 cm³/mol. The van der Waals surface area contributed by atoms with E-state index in [0.717, 1.165) is 12.8 Å². The Bertz CT molecular complexity index is 363. The van der Waals surface area contributed by atoms with Crippen LogP contribution in [0.3, 0.4) is 0 Å². The van der Waals surface area contributed by atoms with Gasteiger partial charge in [-0.2, -0.15) is 0 Å². The highest BCUT2D eigenvalue weighted by Crippen LogP contribution is 2.22. The molecule has 1 unspecified atom stereocenters. The molecule has 0 aromatic heterocycles. The average Bonchev–Trinajstić information content (AvgIpc) is 2.17. The second-order valence-corrected chi connectivity index (χ2v) is 6.04. The Kier molecular flexibility index (Phi) is 4.49. The van der Waals surface area contributed by atoms with Gasteiger partial charge in [-0.3, -0.25) is 4.79 Å². The summed E-state index contributed by atoms with van der Waals surface area (Å²) in [6.07, 6.45) is 2.91. The molecule has 0 amide bonds. The summed E-state index contributed by atoms with van der Waals surface area (Å²) in [5, 5.41) is 8.67. The number of aliphatic carboxylic acids is 1. The summed E-state index contributed by atoms with van der Waals surface area (Å²) in [7, 11) is -3.28. The average molecular weight is 247 g/mol. The van der Waals surface area contributed by atoms with Gasteiger partial charge in [0.25, 0.3) is 0 Å². The predicted octanol–water partition coefficient (Wildman–Crippen LogP) is 0.689. The Balaban J connectivity index is 2.63. The lowest BCUT2D eigenvalue weighted by atomic mass is 9.96. The maximum Gasteiger partial charge on any atom is 0.303 e. The van der Waals surface area contributed by atoms with Gasteiger partial charge in [-0.1, -0.05) is 6.08 Å². The van der Waals surface area contributed by atoms with E-state index in [1.807, 2.05) is 0 Å². The largest absolute Gasteiger partial charge is 0.481 e. The zero-order valence-electron chi connectivity index (χ0n) is 9.13. The van der Waals surface area contributed by atoms with E-state index in [2.05, 4.69) is 6.58 Å². The molecule has 1 N–H and O–H groups in total. The number of hydrogen-bond acceptors (Lipinski definition) is 3. The summed E-state index contributed by atoms with van der Waals surface area (Å²) in [6.45, 7) is 4.22. The molecule has 92 valence electrons. The number of carbonyl (C=O) groups is 1. The first kappa shape index (κ1) is 13.2. The van der Waals surface area contributed by atoms with Crippen LogP contribution in [0.4, 0.5) is 0 Å². The molecular formula is C10H17NO4S. The van der Waals surface area contributed by atoms with Gasteiger partial charge in [0.05, 0.1) is 5.75 Å². The van der Waals surface area contributed by atoms with E-state index in [9.17, 15) is 13.2 Å². The van der Waals surface area contributed by atoms with Gasteiger partial charge in [0.2, 0.25) is 10.0 Å². The summed E-state index contributed by atoms with van der Waals surface area (Å²) in [5.41, 5.74) is 0. The number of carboxylic acid groups (broad SMARTS) is 1. The molecule has 0 bridgehead atoms. The Morgan fingerprint density at radius 1 is 1.56 bits per heavy atom. The van der Waals surface area contributed by atoms with Crippen molar-refractivity contribution in [2.45, 2.75) is 19.3 Å². The first-order valence-corrected chi connectivity index (χ1v) is 6.87. The maximum atomic E-state index is 11.7. The molecule has 1 atom stereocenters. The van der Waals surface area contributed by atoms with Crippen molar-refractivity contribution in [3.63, 3.8) is 0 Å². The molecule has 1 rings (SSSR count). The SMILES string of the molecule is C=CCS(=O)(=O)N1CCCC(CC(=O)O)C1. The van der Waals surface area contributed by atoms with E-state index < -0.39 is 16.0 Å². The van der Waals surface area contributed by atoms with Crippen LogP contribution < -0.4 is 0 Å². The Morgan fingerprint density at radius 2 is 2.25 bits per heavy atom. The standard InChI is InChI=1S/C10H17NO4S/c1-2-6-16(14,15)11-5-3-4-9(8-11)7-10(12)13/h2,9H,1,3-8H2,(H,12,13). The lowest BCUT2D eigenvalue weighted by Crippen LogP contribution is -2.41. The minimum absolute atomic E-state index is 0.0418. The third-order valence-corrected chi connectivity index (χ3v) is 4.44. The molecular weight excluding hydrogens is 230 g/mol. The number of sulfonamides is 1. The van der Waals surface area contributed by atoms with Crippen LogP contribution in [-0.4, -0.2) is 42.6 Å². The van der Waals surface area contributed by atoms with E-state index in [4.69, 9.17) is 5.11 Å². The van der Waals surface area contributed by atoms with Crippen LogP contribution in [0, 0.1) is 5.92 Å². The smallest absolute Gasteiger partial charge is 0.303 e. The van der Waals surface area contributed by atoms with Gasteiger partial charge in [0, 0.05) is 19.5 Å².